The van der Waals surface area contributed by atoms with Crippen molar-refractivity contribution in [3.8, 4) is 0 Å². The van der Waals surface area contributed by atoms with Gasteiger partial charge in [-0.25, -0.2) is 0 Å². The van der Waals surface area contributed by atoms with E-state index in [1.807, 2.05) is 6.92 Å². The first-order chi connectivity index (χ1) is 3.81. The second-order valence-electron chi connectivity index (χ2n) is 1.51. The topological polar surface area (TPSA) is 17.1 Å². The average Bonchev–Trinajstić information content (AvgIpc) is 1.68. The lowest BCUT2D eigenvalue weighted by molar-refractivity contribution is -0.113. The van der Waals surface area contributed by atoms with Crippen LogP contribution in [0.4, 0.5) is 0 Å². The molecule has 1 heteroatoms. The van der Waals surface area contributed by atoms with Crippen LogP contribution in [0, 0.1) is 19.8 Å². The van der Waals surface area contributed by atoms with Gasteiger partial charge in [0, 0.05) is 12.8 Å². The minimum Gasteiger partial charge on any atom is -0.299 e. The van der Waals surface area contributed by atoms with Gasteiger partial charge in [-0.3, -0.25) is 4.79 Å². The van der Waals surface area contributed by atoms with Crippen molar-refractivity contribution in [3.63, 3.8) is 0 Å². The molecule has 0 amide bonds. The third kappa shape index (κ3) is 3.85. The number of hydrogen-bond donors (Lipinski definition) is 0. The lowest BCUT2D eigenvalue weighted by Gasteiger charge is -1.90. The molecule has 0 aromatic heterocycles. The van der Waals surface area contributed by atoms with E-state index in [2.05, 4.69) is 6.92 Å². The Balaban J connectivity index is 3.06. The molecule has 0 atom stereocenters. The van der Waals surface area contributed by atoms with Gasteiger partial charge in [-0.2, -0.15) is 0 Å². The summed E-state index contributed by atoms with van der Waals surface area (Å²) in [6.45, 7) is 5.45. The van der Waals surface area contributed by atoms with Crippen LogP contribution in [0.15, 0.2) is 0 Å². The highest BCUT2D eigenvalue weighted by molar-refractivity contribution is 5.94. The molecule has 1 nitrogen and oxygen atoms in total. The van der Waals surface area contributed by atoms with Gasteiger partial charge in [-0.05, 0) is 12.8 Å². The van der Waals surface area contributed by atoms with Crippen molar-refractivity contribution in [2.75, 3.05) is 0 Å². The zero-order chi connectivity index (χ0) is 6.41. The van der Waals surface area contributed by atoms with E-state index in [1.165, 1.54) is 0 Å². The summed E-state index contributed by atoms with van der Waals surface area (Å²) in [5, 5.41) is 0. The van der Waals surface area contributed by atoms with Crippen molar-refractivity contribution in [2.45, 2.75) is 19.8 Å². The molecule has 0 N–H and O–H groups in total. The van der Waals surface area contributed by atoms with Crippen molar-refractivity contribution in [1.29, 1.82) is 0 Å². The van der Waals surface area contributed by atoms with E-state index >= 15 is 0 Å². The van der Waals surface area contributed by atoms with E-state index in [-0.39, 0.29) is 5.78 Å². The fourth-order valence-electron chi connectivity index (χ4n) is 0.427. The molecule has 0 aromatic carbocycles. The Kier molecular flexibility index (Phi) is 4.62. The quantitative estimate of drug-likeness (QED) is 0.538. The van der Waals surface area contributed by atoms with Crippen LogP contribution in [0.25, 0.3) is 0 Å². The molecule has 8 heavy (non-hydrogen) atoms. The molecule has 0 heterocycles. The van der Waals surface area contributed by atoms with Gasteiger partial charge in [0.15, 0.2) is 0 Å². The zero-order valence-electron chi connectivity index (χ0n) is 5.18. The first-order valence-electron chi connectivity index (χ1n) is 2.81. The molecule has 45 valence electrons. The van der Waals surface area contributed by atoms with E-state index in [0.717, 1.165) is 6.42 Å². The fraction of sp³-hybridized carbons (Fsp3) is 0.429. The van der Waals surface area contributed by atoms with E-state index in [1.54, 1.807) is 12.8 Å². The standard InChI is InChI=1S/C7H11O/c1-3-5-7(8)6-4-2/h5-6H,1,3-4H2,2H3. The van der Waals surface area contributed by atoms with Gasteiger partial charge in [0.25, 0.3) is 0 Å². The molecule has 0 saturated heterocycles. The molecule has 0 spiro atoms. The van der Waals surface area contributed by atoms with Crippen molar-refractivity contribution >= 4 is 5.78 Å². The third-order valence-electron chi connectivity index (χ3n) is 0.751. The highest BCUT2D eigenvalue weighted by Gasteiger charge is 1.96. The highest BCUT2D eigenvalue weighted by Crippen LogP contribution is 1.92. The van der Waals surface area contributed by atoms with Crippen LogP contribution in [0.1, 0.15) is 19.8 Å². The summed E-state index contributed by atoms with van der Waals surface area (Å²) < 4.78 is 0. The largest absolute Gasteiger partial charge is 0.299 e. The van der Waals surface area contributed by atoms with Gasteiger partial charge in [0.05, 0.1) is 0 Å². The SMILES string of the molecule is [CH2]C[CH]C(=O)[CH]CC. The lowest BCUT2D eigenvalue weighted by atomic mass is 10.1. The predicted molar refractivity (Wildman–Crippen MR) is 33.9 cm³/mol. The van der Waals surface area contributed by atoms with Crippen molar-refractivity contribution in [3.05, 3.63) is 19.8 Å². The van der Waals surface area contributed by atoms with Gasteiger partial charge < -0.3 is 0 Å². The lowest BCUT2D eigenvalue weighted by Crippen LogP contribution is -1.96. The zero-order valence-corrected chi connectivity index (χ0v) is 5.18. The van der Waals surface area contributed by atoms with Crippen LogP contribution < -0.4 is 0 Å². The van der Waals surface area contributed by atoms with Crippen molar-refractivity contribution < 1.29 is 4.79 Å². The summed E-state index contributed by atoms with van der Waals surface area (Å²) in [4.78, 5) is 10.5. The maximum atomic E-state index is 10.5. The van der Waals surface area contributed by atoms with Crippen LogP contribution in [0.2, 0.25) is 0 Å². The van der Waals surface area contributed by atoms with Gasteiger partial charge in [-0.1, -0.05) is 13.8 Å². The molecule has 0 rings (SSSR count). The maximum Gasteiger partial charge on any atom is 0.140 e. The maximum absolute atomic E-state index is 10.5. The molecular formula is C7H11O. The molecule has 0 aliphatic heterocycles. The summed E-state index contributed by atoms with van der Waals surface area (Å²) in [5.74, 6) is 0.0995. The van der Waals surface area contributed by atoms with E-state index < -0.39 is 0 Å². The summed E-state index contributed by atoms with van der Waals surface area (Å²) >= 11 is 0. The average molecular weight is 111 g/mol. The second-order valence-corrected chi connectivity index (χ2v) is 1.51. The number of rotatable bonds is 4. The Morgan fingerprint density at radius 3 is 2.62 bits per heavy atom. The summed E-state index contributed by atoms with van der Waals surface area (Å²) in [6.07, 6.45) is 4.62. The van der Waals surface area contributed by atoms with Gasteiger partial charge >= 0.3 is 0 Å². The normalized spacial score (nSPS) is 9.25. The molecule has 0 unspecified atom stereocenters. The molecule has 0 aliphatic carbocycles. The first kappa shape index (κ1) is 7.67. The van der Waals surface area contributed by atoms with Crippen molar-refractivity contribution in [2.24, 2.45) is 0 Å². The predicted octanol–water partition coefficient (Wildman–Crippen LogP) is 1.60. The molecule has 3 radical (unpaired) electrons. The third-order valence-corrected chi connectivity index (χ3v) is 0.751. The van der Waals surface area contributed by atoms with Crippen molar-refractivity contribution in [1.82, 2.24) is 0 Å². The molecule has 0 aliphatic rings. The second kappa shape index (κ2) is 4.82. The summed E-state index contributed by atoms with van der Waals surface area (Å²) in [5.41, 5.74) is 0. The Bertz CT molecular complexity index is 58.8. The number of carbonyl (C=O) groups excluding carboxylic acids is 1. The Hall–Kier alpha value is -0.330. The van der Waals surface area contributed by atoms with E-state index in [4.69, 9.17) is 0 Å². The molecule has 0 bridgehead atoms. The van der Waals surface area contributed by atoms with Gasteiger partial charge in [0.2, 0.25) is 0 Å². The fourth-order valence-corrected chi connectivity index (χ4v) is 0.427. The molecule has 0 fully saturated rings. The first-order valence-corrected chi connectivity index (χ1v) is 2.81. The summed E-state index contributed by atoms with van der Waals surface area (Å²) in [6, 6.07) is 0. The number of Topliss-reactive ketones (excluding diaryl/α,β-unsaturated/α-hetero) is 1. The molecular weight excluding hydrogens is 100 g/mol. The Labute approximate surface area is 51.1 Å². The van der Waals surface area contributed by atoms with Crippen LogP contribution >= 0.6 is 0 Å². The van der Waals surface area contributed by atoms with Gasteiger partial charge in [-0.15, -0.1) is 0 Å². The minimum atomic E-state index is 0.0995. The van der Waals surface area contributed by atoms with Crippen LogP contribution in [0.3, 0.4) is 0 Å². The van der Waals surface area contributed by atoms with Crippen LogP contribution in [-0.2, 0) is 4.79 Å². The van der Waals surface area contributed by atoms with Crippen LogP contribution in [0.5, 0.6) is 0 Å². The number of hydrogen-bond acceptors (Lipinski definition) is 1. The van der Waals surface area contributed by atoms with E-state index in [0.29, 0.717) is 6.42 Å². The van der Waals surface area contributed by atoms with Crippen LogP contribution in [-0.4, -0.2) is 5.78 Å². The Morgan fingerprint density at radius 1 is 1.62 bits per heavy atom. The highest BCUT2D eigenvalue weighted by atomic mass is 16.1. The number of ketones is 1. The smallest absolute Gasteiger partial charge is 0.140 e. The Morgan fingerprint density at radius 2 is 2.25 bits per heavy atom. The summed E-state index contributed by atoms with van der Waals surface area (Å²) in [7, 11) is 0. The minimum absolute atomic E-state index is 0.0995. The van der Waals surface area contributed by atoms with Gasteiger partial charge in [0.1, 0.15) is 5.78 Å². The monoisotopic (exact) mass is 111 g/mol. The number of carbonyl (C=O) groups is 1. The molecule has 0 aromatic rings. The van der Waals surface area contributed by atoms with E-state index in [9.17, 15) is 4.79 Å². The molecule has 0 saturated carbocycles.